The van der Waals surface area contributed by atoms with E-state index in [-0.39, 0.29) is 6.04 Å². The monoisotopic (exact) mass is 272 g/mol. The molecule has 108 valence electrons. The predicted molar refractivity (Wildman–Crippen MR) is 84.0 cm³/mol. The molecule has 1 aromatic carbocycles. The SMILES string of the molecule is CCCOCC(NCC)c1ccc2nc(C)ccc2c1. The van der Waals surface area contributed by atoms with E-state index in [4.69, 9.17) is 4.74 Å². The number of hydrogen-bond donors (Lipinski definition) is 1. The maximum atomic E-state index is 5.70. The molecule has 1 aromatic heterocycles. The zero-order valence-electron chi connectivity index (χ0n) is 12.6. The van der Waals surface area contributed by atoms with Gasteiger partial charge in [-0.2, -0.15) is 0 Å². The first-order chi connectivity index (χ1) is 9.74. The van der Waals surface area contributed by atoms with Gasteiger partial charge in [0.05, 0.1) is 18.2 Å². The van der Waals surface area contributed by atoms with Crippen molar-refractivity contribution >= 4 is 10.9 Å². The largest absolute Gasteiger partial charge is 0.379 e. The van der Waals surface area contributed by atoms with E-state index in [9.17, 15) is 0 Å². The first-order valence-corrected chi connectivity index (χ1v) is 7.43. The molecule has 0 aliphatic carbocycles. The second-order valence-corrected chi connectivity index (χ2v) is 5.09. The van der Waals surface area contributed by atoms with Crippen molar-refractivity contribution < 1.29 is 4.74 Å². The number of benzene rings is 1. The molecule has 1 unspecified atom stereocenters. The molecule has 3 heteroatoms. The Hall–Kier alpha value is -1.45. The highest BCUT2D eigenvalue weighted by atomic mass is 16.5. The third-order valence-electron chi connectivity index (χ3n) is 3.34. The van der Waals surface area contributed by atoms with Gasteiger partial charge in [0.2, 0.25) is 0 Å². The normalized spacial score (nSPS) is 12.8. The molecule has 0 spiro atoms. The quantitative estimate of drug-likeness (QED) is 0.782. The zero-order chi connectivity index (χ0) is 14.4. The van der Waals surface area contributed by atoms with Crippen LogP contribution in [0.25, 0.3) is 10.9 Å². The van der Waals surface area contributed by atoms with Crippen LogP contribution in [0.3, 0.4) is 0 Å². The lowest BCUT2D eigenvalue weighted by molar-refractivity contribution is 0.112. The van der Waals surface area contributed by atoms with Crippen molar-refractivity contribution in [3.05, 3.63) is 41.6 Å². The number of nitrogens with zero attached hydrogens (tertiary/aromatic N) is 1. The number of fused-ring (bicyclic) bond motifs is 1. The summed E-state index contributed by atoms with van der Waals surface area (Å²) in [6.07, 6.45) is 1.06. The van der Waals surface area contributed by atoms with Gasteiger partial charge in [-0.3, -0.25) is 4.98 Å². The number of hydrogen-bond acceptors (Lipinski definition) is 3. The highest BCUT2D eigenvalue weighted by molar-refractivity contribution is 5.79. The van der Waals surface area contributed by atoms with Crippen LogP contribution in [0.2, 0.25) is 0 Å². The topological polar surface area (TPSA) is 34.1 Å². The molecule has 0 fully saturated rings. The molecule has 20 heavy (non-hydrogen) atoms. The van der Waals surface area contributed by atoms with Crippen LogP contribution in [0.4, 0.5) is 0 Å². The maximum Gasteiger partial charge on any atom is 0.0705 e. The Morgan fingerprint density at radius 3 is 2.80 bits per heavy atom. The van der Waals surface area contributed by atoms with E-state index in [1.165, 1.54) is 10.9 Å². The molecule has 2 aromatic rings. The molecule has 3 nitrogen and oxygen atoms in total. The Kier molecular flexibility index (Phi) is 5.50. The number of rotatable bonds is 7. The van der Waals surface area contributed by atoms with E-state index < -0.39 is 0 Å². The lowest BCUT2D eigenvalue weighted by Gasteiger charge is -2.19. The van der Waals surface area contributed by atoms with Gasteiger partial charge in [-0.1, -0.05) is 26.0 Å². The molecule has 1 atom stereocenters. The summed E-state index contributed by atoms with van der Waals surface area (Å²) in [5.74, 6) is 0. The van der Waals surface area contributed by atoms with E-state index in [1.807, 2.05) is 6.92 Å². The first-order valence-electron chi connectivity index (χ1n) is 7.43. The van der Waals surface area contributed by atoms with Gasteiger partial charge in [0.1, 0.15) is 0 Å². The van der Waals surface area contributed by atoms with Gasteiger partial charge in [-0.15, -0.1) is 0 Å². The van der Waals surface area contributed by atoms with Crippen LogP contribution >= 0.6 is 0 Å². The van der Waals surface area contributed by atoms with Crippen LogP contribution in [-0.4, -0.2) is 24.7 Å². The number of pyridine rings is 1. The van der Waals surface area contributed by atoms with Gasteiger partial charge in [0.15, 0.2) is 0 Å². The van der Waals surface area contributed by atoms with E-state index in [0.29, 0.717) is 6.61 Å². The second kappa shape index (κ2) is 7.36. The van der Waals surface area contributed by atoms with E-state index in [2.05, 4.69) is 54.5 Å². The van der Waals surface area contributed by atoms with Crippen molar-refractivity contribution in [1.82, 2.24) is 10.3 Å². The average molecular weight is 272 g/mol. The number of ether oxygens (including phenoxy) is 1. The van der Waals surface area contributed by atoms with Gasteiger partial charge >= 0.3 is 0 Å². The Labute approximate surface area is 121 Å². The first kappa shape index (κ1) is 14.9. The van der Waals surface area contributed by atoms with Crippen molar-refractivity contribution in [3.8, 4) is 0 Å². The summed E-state index contributed by atoms with van der Waals surface area (Å²) in [6, 6.07) is 10.9. The van der Waals surface area contributed by atoms with Crippen molar-refractivity contribution in [1.29, 1.82) is 0 Å². The van der Waals surface area contributed by atoms with Gasteiger partial charge in [0, 0.05) is 17.7 Å². The van der Waals surface area contributed by atoms with Crippen molar-refractivity contribution in [3.63, 3.8) is 0 Å². The summed E-state index contributed by atoms with van der Waals surface area (Å²) in [4.78, 5) is 4.55. The fourth-order valence-corrected chi connectivity index (χ4v) is 2.33. The van der Waals surface area contributed by atoms with Crippen molar-refractivity contribution in [2.24, 2.45) is 0 Å². The molecular weight excluding hydrogens is 248 g/mol. The molecule has 0 saturated heterocycles. The molecule has 0 aliphatic heterocycles. The minimum atomic E-state index is 0.247. The highest BCUT2D eigenvalue weighted by Crippen LogP contribution is 2.20. The second-order valence-electron chi connectivity index (χ2n) is 5.09. The molecule has 0 amide bonds. The average Bonchev–Trinajstić information content (AvgIpc) is 2.46. The minimum absolute atomic E-state index is 0.247. The number of aromatic nitrogens is 1. The van der Waals surface area contributed by atoms with Crippen molar-refractivity contribution in [2.75, 3.05) is 19.8 Å². The molecule has 1 N–H and O–H groups in total. The molecular formula is C17H24N2O. The molecule has 0 aliphatic rings. The number of likely N-dealkylation sites (N-methyl/N-ethyl adjacent to an activating group) is 1. The number of nitrogens with one attached hydrogen (secondary N) is 1. The fourth-order valence-electron chi connectivity index (χ4n) is 2.33. The van der Waals surface area contributed by atoms with Crippen LogP contribution < -0.4 is 5.32 Å². The van der Waals surface area contributed by atoms with Crippen LogP contribution in [0.15, 0.2) is 30.3 Å². The van der Waals surface area contributed by atoms with Gasteiger partial charge in [0.25, 0.3) is 0 Å². The summed E-state index contributed by atoms with van der Waals surface area (Å²) in [5.41, 5.74) is 3.37. The zero-order valence-corrected chi connectivity index (χ0v) is 12.6. The number of aryl methyl sites for hydroxylation is 1. The van der Waals surface area contributed by atoms with Gasteiger partial charge in [-0.05, 0) is 43.7 Å². The van der Waals surface area contributed by atoms with E-state index >= 15 is 0 Å². The third kappa shape index (κ3) is 3.78. The fraction of sp³-hybridized carbons (Fsp3) is 0.471. The van der Waals surface area contributed by atoms with Crippen LogP contribution in [0, 0.1) is 6.92 Å². The lowest BCUT2D eigenvalue weighted by Crippen LogP contribution is -2.25. The highest BCUT2D eigenvalue weighted by Gasteiger charge is 2.11. The van der Waals surface area contributed by atoms with Gasteiger partial charge < -0.3 is 10.1 Å². The van der Waals surface area contributed by atoms with E-state index in [0.717, 1.165) is 30.8 Å². The minimum Gasteiger partial charge on any atom is -0.379 e. The molecule has 0 saturated carbocycles. The molecule has 0 radical (unpaired) electrons. The molecule has 1 heterocycles. The predicted octanol–water partition coefficient (Wildman–Crippen LogP) is 3.62. The van der Waals surface area contributed by atoms with Crippen LogP contribution in [0.5, 0.6) is 0 Å². The van der Waals surface area contributed by atoms with E-state index in [1.54, 1.807) is 0 Å². The van der Waals surface area contributed by atoms with Crippen LogP contribution in [0.1, 0.15) is 37.6 Å². The standard InChI is InChI=1S/C17H24N2O/c1-4-10-20-12-17(18-5-2)15-8-9-16-14(11-15)7-6-13(3)19-16/h6-9,11,17-18H,4-5,10,12H2,1-3H3. The summed E-state index contributed by atoms with van der Waals surface area (Å²) >= 11 is 0. The Morgan fingerprint density at radius 2 is 2.05 bits per heavy atom. The Morgan fingerprint density at radius 1 is 1.20 bits per heavy atom. The summed E-state index contributed by atoms with van der Waals surface area (Å²) < 4.78 is 5.70. The summed E-state index contributed by atoms with van der Waals surface area (Å²) in [5, 5.41) is 4.68. The summed E-state index contributed by atoms with van der Waals surface area (Å²) in [7, 11) is 0. The molecule has 2 rings (SSSR count). The smallest absolute Gasteiger partial charge is 0.0705 e. The Balaban J connectivity index is 2.21. The van der Waals surface area contributed by atoms with Gasteiger partial charge in [-0.25, -0.2) is 0 Å². The Bertz CT molecular complexity index is 554. The van der Waals surface area contributed by atoms with Crippen LogP contribution in [-0.2, 0) is 4.74 Å². The maximum absolute atomic E-state index is 5.70. The third-order valence-corrected chi connectivity index (χ3v) is 3.34. The molecule has 0 bridgehead atoms. The van der Waals surface area contributed by atoms with Crippen molar-refractivity contribution in [2.45, 2.75) is 33.2 Å². The lowest BCUT2D eigenvalue weighted by atomic mass is 10.0. The summed E-state index contributed by atoms with van der Waals surface area (Å²) in [6.45, 7) is 8.74.